The summed E-state index contributed by atoms with van der Waals surface area (Å²) in [4.78, 5) is 22.6. The molecule has 0 spiro atoms. The molecule has 1 aromatic carbocycles. The van der Waals surface area contributed by atoms with Crippen molar-refractivity contribution in [1.82, 2.24) is 0 Å². The molecule has 0 saturated carbocycles. The van der Waals surface area contributed by atoms with Gasteiger partial charge in [-0.1, -0.05) is 13.3 Å². The van der Waals surface area contributed by atoms with E-state index in [1.54, 1.807) is 18.2 Å². The standard InChI is InChI=1S/C16H18O5/c1-3-4-5-13(16(18)19)20-11-6-7-12-10(2)8-15(17)21-14(12)9-11/h6-9,13H,3-5H2,1-2H3,(H,18,19). The number of benzene rings is 1. The normalized spacial score (nSPS) is 12.3. The van der Waals surface area contributed by atoms with Crippen molar-refractivity contribution in [3.63, 3.8) is 0 Å². The van der Waals surface area contributed by atoms with Crippen LogP contribution >= 0.6 is 0 Å². The molecule has 2 aromatic rings. The second-order valence-corrected chi connectivity index (χ2v) is 4.99. The van der Waals surface area contributed by atoms with Gasteiger partial charge in [0, 0.05) is 17.5 Å². The molecule has 0 saturated heterocycles. The summed E-state index contributed by atoms with van der Waals surface area (Å²) < 4.78 is 10.6. The van der Waals surface area contributed by atoms with Crippen LogP contribution in [0.15, 0.2) is 33.5 Å². The summed E-state index contributed by atoms with van der Waals surface area (Å²) in [5, 5.41) is 9.97. The van der Waals surface area contributed by atoms with E-state index in [0.717, 1.165) is 23.8 Å². The van der Waals surface area contributed by atoms with Gasteiger partial charge in [0.25, 0.3) is 0 Å². The van der Waals surface area contributed by atoms with E-state index in [-0.39, 0.29) is 0 Å². The lowest BCUT2D eigenvalue weighted by Gasteiger charge is -2.15. The third kappa shape index (κ3) is 3.62. The van der Waals surface area contributed by atoms with Crippen molar-refractivity contribution in [2.75, 3.05) is 0 Å². The molecule has 1 N–H and O–H groups in total. The average molecular weight is 290 g/mol. The molecule has 2 rings (SSSR count). The van der Waals surface area contributed by atoms with Crippen molar-refractivity contribution < 1.29 is 19.1 Å². The van der Waals surface area contributed by atoms with Gasteiger partial charge in [-0.15, -0.1) is 0 Å². The third-order valence-electron chi connectivity index (χ3n) is 3.30. The maximum atomic E-state index is 11.4. The minimum absolute atomic E-state index is 0.389. The molecule has 0 aliphatic carbocycles. The van der Waals surface area contributed by atoms with Gasteiger partial charge < -0.3 is 14.3 Å². The highest BCUT2D eigenvalue weighted by atomic mass is 16.5. The van der Waals surface area contributed by atoms with Gasteiger partial charge in [0.1, 0.15) is 11.3 Å². The Balaban J connectivity index is 2.29. The van der Waals surface area contributed by atoms with Gasteiger partial charge in [0.15, 0.2) is 6.10 Å². The van der Waals surface area contributed by atoms with Crippen molar-refractivity contribution in [2.24, 2.45) is 0 Å². The summed E-state index contributed by atoms with van der Waals surface area (Å²) in [6.07, 6.45) is 1.23. The fraction of sp³-hybridized carbons (Fsp3) is 0.375. The van der Waals surface area contributed by atoms with E-state index in [2.05, 4.69) is 0 Å². The number of hydrogen-bond acceptors (Lipinski definition) is 4. The smallest absolute Gasteiger partial charge is 0.344 e. The molecule has 0 bridgehead atoms. The lowest BCUT2D eigenvalue weighted by molar-refractivity contribution is -0.145. The molecule has 0 aliphatic rings. The monoisotopic (exact) mass is 290 g/mol. The third-order valence-corrected chi connectivity index (χ3v) is 3.30. The Hall–Kier alpha value is -2.30. The number of aliphatic carboxylic acids is 1. The first-order chi connectivity index (χ1) is 10.0. The maximum absolute atomic E-state index is 11.4. The molecule has 5 nitrogen and oxygen atoms in total. The highest BCUT2D eigenvalue weighted by Crippen LogP contribution is 2.23. The van der Waals surface area contributed by atoms with Crippen molar-refractivity contribution in [3.05, 3.63) is 40.2 Å². The van der Waals surface area contributed by atoms with Crippen LogP contribution < -0.4 is 10.4 Å². The molecule has 0 radical (unpaired) electrons. The average Bonchev–Trinajstić information content (AvgIpc) is 2.42. The summed E-state index contributed by atoms with van der Waals surface area (Å²) in [7, 11) is 0. The zero-order chi connectivity index (χ0) is 15.4. The van der Waals surface area contributed by atoms with Crippen LogP contribution in [0.25, 0.3) is 11.0 Å². The summed E-state index contributed by atoms with van der Waals surface area (Å²) in [5.74, 6) is -0.603. The lowest BCUT2D eigenvalue weighted by Crippen LogP contribution is -2.26. The number of rotatable bonds is 6. The Morgan fingerprint density at radius 2 is 2.14 bits per heavy atom. The predicted molar refractivity (Wildman–Crippen MR) is 78.8 cm³/mol. The number of aryl methyl sites for hydroxylation is 1. The SMILES string of the molecule is CCCCC(Oc1ccc2c(C)cc(=O)oc2c1)C(=O)O. The molecular weight excluding hydrogens is 272 g/mol. The Morgan fingerprint density at radius 1 is 1.38 bits per heavy atom. The van der Waals surface area contributed by atoms with E-state index < -0.39 is 17.7 Å². The summed E-state index contributed by atoms with van der Waals surface area (Å²) in [6, 6.07) is 6.44. The van der Waals surface area contributed by atoms with Crippen LogP contribution in [0.2, 0.25) is 0 Å². The van der Waals surface area contributed by atoms with Gasteiger partial charge >= 0.3 is 11.6 Å². The number of ether oxygens (including phenoxy) is 1. The second kappa shape index (κ2) is 6.43. The molecule has 0 aliphatic heterocycles. The fourth-order valence-corrected chi connectivity index (χ4v) is 2.17. The molecule has 1 heterocycles. The van der Waals surface area contributed by atoms with E-state index in [9.17, 15) is 9.59 Å². The molecule has 1 aromatic heterocycles. The lowest BCUT2D eigenvalue weighted by atomic mass is 10.1. The minimum Gasteiger partial charge on any atom is -0.479 e. The van der Waals surface area contributed by atoms with E-state index >= 15 is 0 Å². The number of carbonyl (C=O) groups is 1. The Kier molecular flexibility index (Phi) is 4.62. The molecule has 1 atom stereocenters. The minimum atomic E-state index is -0.991. The fourth-order valence-electron chi connectivity index (χ4n) is 2.17. The van der Waals surface area contributed by atoms with E-state index in [1.165, 1.54) is 6.07 Å². The van der Waals surface area contributed by atoms with Crippen LogP contribution in [0.1, 0.15) is 31.7 Å². The maximum Gasteiger partial charge on any atom is 0.344 e. The van der Waals surface area contributed by atoms with Gasteiger partial charge in [0.2, 0.25) is 0 Å². The Morgan fingerprint density at radius 3 is 2.81 bits per heavy atom. The van der Waals surface area contributed by atoms with Crippen LogP contribution in [0.3, 0.4) is 0 Å². The van der Waals surface area contributed by atoms with Crippen LogP contribution in [-0.2, 0) is 4.79 Å². The highest BCUT2D eigenvalue weighted by Gasteiger charge is 2.19. The first-order valence-electron chi connectivity index (χ1n) is 6.95. The molecular formula is C16H18O5. The number of hydrogen-bond donors (Lipinski definition) is 1. The summed E-state index contributed by atoms with van der Waals surface area (Å²) >= 11 is 0. The molecule has 5 heteroatoms. The number of fused-ring (bicyclic) bond motifs is 1. The quantitative estimate of drug-likeness (QED) is 0.827. The molecule has 0 fully saturated rings. The van der Waals surface area contributed by atoms with Crippen molar-refractivity contribution in [1.29, 1.82) is 0 Å². The number of unbranched alkanes of at least 4 members (excludes halogenated alkanes) is 1. The van der Waals surface area contributed by atoms with E-state index in [0.29, 0.717) is 17.8 Å². The van der Waals surface area contributed by atoms with Gasteiger partial charge in [-0.2, -0.15) is 0 Å². The zero-order valence-corrected chi connectivity index (χ0v) is 12.1. The van der Waals surface area contributed by atoms with Crippen LogP contribution in [0.4, 0.5) is 0 Å². The van der Waals surface area contributed by atoms with Crippen LogP contribution in [0, 0.1) is 6.92 Å². The van der Waals surface area contributed by atoms with E-state index in [1.807, 2.05) is 13.8 Å². The predicted octanol–water partition coefficient (Wildman–Crippen LogP) is 3.12. The zero-order valence-electron chi connectivity index (χ0n) is 12.1. The summed E-state index contributed by atoms with van der Waals surface area (Å²) in [6.45, 7) is 3.81. The molecule has 1 unspecified atom stereocenters. The number of carboxylic acids is 1. The number of carboxylic acid groups (broad SMARTS) is 1. The summed E-state index contributed by atoms with van der Waals surface area (Å²) in [5.41, 5.74) is 0.781. The molecule has 21 heavy (non-hydrogen) atoms. The van der Waals surface area contributed by atoms with Gasteiger partial charge in [0.05, 0.1) is 0 Å². The van der Waals surface area contributed by atoms with Crippen molar-refractivity contribution in [2.45, 2.75) is 39.2 Å². The van der Waals surface area contributed by atoms with Crippen molar-refractivity contribution in [3.8, 4) is 5.75 Å². The van der Waals surface area contributed by atoms with Gasteiger partial charge in [-0.3, -0.25) is 0 Å². The highest BCUT2D eigenvalue weighted by molar-refractivity contribution is 5.81. The van der Waals surface area contributed by atoms with Crippen LogP contribution in [0.5, 0.6) is 5.75 Å². The van der Waals surface area contributed by atoms with Crippen molar-refractivity contribution >= 4 is 16.9 Å². The second-order valence-electron chi connectivity index (χ2n) is 4.99. The first-order valence-corrected chi connectivity index (χ1v) is 6.95. The molecule has 112 valence electrons. The van der Waals surface area contributed by atoms with Gasteiger partial charge in [-0.25, -0.2) is 9.59 Å². The Bertz CT molecular complexity index is 701. The first kappa shape index (κ1) is 15.1. The Labute approximate surface area is 122 Å². The van der Waals surface area contributed by atoms with Gasteiger partial charge in [-0.05, 0) is 37.5 Å². The topological polar surface area (TPSA) is 76.7 Å². The van der Waals surface area contributed by atoms with E-state index in [4.69, 9.17) is 14.3 Å². The largest absolute Gasteiger partial charge is 0.479 e. The molecule has 0 amide bonds. The van der Waals surface area contributed by atoms with Crippen LogP contribution in [-0.4, -0.2) is 17.2 Å².